The molecule has 180 valence electrons. The number of aromatic hydroxyl groups is 1. The first kappa shape index (κ1) is 25.1. The Labute approximate surface area is 199 Å². The molecule has 2 aromatic rings. The number of nitrogens with zero attached hydrogens (tertiary/aromatic N) is 2. The van der Waals surface area contributed by atoms with Crippen LogP contribution in [-0.4, -0.2) is 54.2 Å². The predicted octanol–water partition coefficient (Wildman–Crippen LogP) is 5.00. The molecule has 0 spiro atoms. The fraction of sp³-hybridized carbons (Fsp3) is 0.536. The Balaban J connectivity index is 1.73. The first-order chi connectivity index (χ1) is 15.6. The van der Waals surface area contributed by atoms with Crippen molar-refractivity contribution in [1.29, 1.82) is 0 Å². The SMILES string of the molecule is CC(C)CN(Cc1cc(O)c2c(c1)CCCCO2)C(=O)C(C)C[N+](C)(C)Cc1ccccc1. The Hall–Kier alpha value is -2.53. The molecule has 0 aliphatic carbocycles. The molecule has 5 heteroatoms. The number of fused-ring (bicyclic) bond motifs is 1. The standard InChI is InChI=1S/C28H40N2O3/c1-21(2)17-29(18-24-15-25-13-9-10-14-33-27(25)26(31)16-24)28(32)22(3)19-30(4,5)20-23-11-7-6-8-12-23/h6-8,11-12,15-16,21-22H,9-10,13-14,17-20H2,1-5H3/p+1. The monoisotopic (exact) mass is 453 g/mol. The number of carbonyl (C=O) groups excluding carboxylic acids is 1. The lowest BCUT2D eigenvalue weighted by Crippen LogP contribution is -2.47. The topological polar surface area (TPSA) is 49.8 Å². The van der Waals surface area contributed by atoms with Gasteiger partial charge in [-0.05, 0) is 49.3 Å². The lowest BCUT2D eigenvalue weighted by Gasteiger charge is -2.34. The molecule has 0 saturated carbocycles. The molecule has 33 heavy (non-hydrogen) atoms. The summed E-state index contributed by atoms with van der Waals surface area (Å²) in [6, 6.07) is 14.3. The lowest BCUT2D eigenvalue weighted by molar-refractivity contribution is -0.905. The van der Waals surface area contributed by atoms with E-state index in [0.717, 1.165) is 48.0 Å². The van der Waals surface area contributed by atoms with Crippen LogP contribution in [-0.2, 0) is 24.3 Å². The normalized spacial score (nSPS) is 14.8. The summed E-state index contributed by atoms with van der Waals surface area (Å²) >= 11 is 0. The molecule has 0 aromatic heterocycles. The smallest absolute Gasteiger partial charge is 0.231 e. The summed E-state index contributed by atoms with van der Waals surface area (Å²) < 4.78 is 6.51. The average Bonchev–Trinajstić information content (AvgIpc) is 2.98. The van der Waals surface area contributed by atoms with Gasteiger partial charge in [-0.1, -0.05) is 50.2 Å². The summed E-state index contributed by atoms with van der Waals surface area (Å²) in [6.45, 7) is 9.84. The van der Waals surface area contributed by atoms with Gasteiger partial charge in [0, 0.05) is 18.7 Å². The Morgan fingerprint density at radius 1 is 1.09 bits per heavy atom. The van der Waals surface area contributed by atoms with Gasteiger partial charge < -0.3 is 19.2 Å². The minimum atomic E-state index is -0.0970. The maximum absolute atomic E-state index is 13.6. The third-order valence-corrected chi connectivity index (χ3v) is 6.21. The van der Waals surface area contributed by atoms with Crippen LogP contribution in [0.25, 0.3) is 0 Å². The van der Waals surface area contributed by atoms with Gasteiger partial charge >= 0.3 is 0 Å². The second-order valence-electron chi connectivity index (χ2n) is 10.7. The molecule has 1 heterocycles. The molecule has 1 atom stereocenters. The molecule has 3 rings (SSSR count). The molecule has 1 unspecified atom stereocenters. The fourth-order valence-electron chi connectivity index (χ4n) is 4.94. The number of aryl methyl sites for hydroxylation is 1. The van der Waals surface area contributed by atoms with Crippen LogP contribution in [0.1, 0.15) is 50.3 Å². The van der Waals surface area contributed by atoms with E-state index in [2.05, 4.69) is 58.3 Å². The highest BCUT2D eigenvalue weighted by molar-refractivity contribution is 5.78. The fourth-order valence-corrected chi connectivity index (χ4v) is 4.94. The third kappa shape index (κ3) is 7.23. The van der Waals surface area contributed by atoms with Crippen molar-refractivity contribution in [2.75, 3.05) is 33.8 Å². The molecule has 1 N–H and O–H groups in total. The molecule has 0 bridgehead atoms. The van der Waals surface area contributed by atoms with E-state index in [4.69, 9.17) is 4.74 Å². The van der Waals surface area contributed by atoms with Crippen LogP contribution in [0.2, 0.25) is 0 Å². The Morgan fingerprint density at radius 3 is 2.52 bits per heavy atom. The van der Waals surface area contributed by atoms with Gasteiger partial charge in [0.1, 0.15) is 6.54 Å². The molecule has 0 radical (unpaired) electrons. The van der Waals surface area contributed by atoms with Crippen molar-refractivity contribution >= 4 is 5.91 Å². The molecule has 1 amide bonds. The number of quaternary nitrogens is 1. The maximum atomic E-state index is 13.6. The Bertz CT molecular complexity index is 924. The van der Waals surface area contributed by atoms with Crippen molar-refractivity contribution in [2.45, 2.75) is 53.1 Å². The molecular formula is C28H41N2O3+. The number of benzene rings is 2. The van der Waals surface area contributed by atoms with E-state index in [1.165, 1.54) is 5.56 Å². The van der Waals surface area contributed by atoms with Crippen LogP contribution >= 0.6 is 0 Å². The number of hydrogen-bond acceptors (Lipinski definition) is 3. The summed E-state index contributed by atoms with van der Waals surface area (Å²) in [4.78, 5) is 15.5. The van der Waals surface area contributed by atoms with E-state index in [0.29, 0.717) is 31.4 Å². The van der Waals surface area contributed by atoms with E-state index in [1.54, 1.807) is 6.07 Å². The minimum Gasteiger partial charge on any atom is -0.504 e. The molecular weight excluding hydrogens is 412 g/mol. The first-order valence-corrected chi connectivity index (χ1v) is 12.3. The molecule has 0 fully saturated rings. The van der Waals surface area contributed by atoms with Crippen molar-refractivity contribution in [3.8, 4) is 11.5 Å². The van der Waals surface area contributed by atoms with Gasteiger partial charge in [-0.15, -0.1) is 0 Å². The van der Waals surface area contributed by atoms with Crippen LogP contribution in [0.15, 0.2) is 42.5 Å². The van der Waals surface area contributed by atoms with Crippen LogP contribution in [0, 0.1) is 11.8 Å². The van der Waals surface area contributed by atoms with Crippen LogP contribution in [0.4, 0.5) is 0 Å². The van der Waals surface area contributed by atoms with Gasteiger partial charge in [-0.3, -0.25) is 4.79 Å². The van der Waals surface area contributed by atoms with E-state index in [9.17, 15) is 9.90 Å². The number of rotatable bonds is 9. The van der Waals surface area contributed by atoms with Crippen molar-refractivity contribution in [3.63, 3.8) is 0 Å². The van der Waals surface area contributed by atoms with E-state index in [1.807, 2.05) is 17.9 Å². The van der Waals surface area contributed by atoms with Gasteiger partial charge in [-0.2, -0.15) is 0 Å². The molecule has 1 aliphatic rings. The van der Waals surface area contributed by atoms with Crippen molar-refractivity contribution in [3.05, 3.63) is 59.2 Å². The zero-order valence-electron chi connectivity index (χ0n) is 21.0. The van der Waals surface area contributed by atoms with Crippen LogP contribution in [0.5, 0.6) is 11.5 Å². The molecule has 1 aliphatic heterocycles. The molecule has 2 aromatic carbocycles. The first-order valence-electron chi connectivity index (χ1n) is 12.3. The molecule has 5 nitrogen and oxygen atoms in total. The van der Waals surface area contributed by atoms with Crippen LogP contribution < -0.4 is 4.74 Å². The summed E-state index contributed by atoms with van der Waals surface area (Å²) in [5.41, 5.74) is 3.30. The second-order valence-corrected chi connectivity index (χ2v) is 10.7. The Kier molecular flexibility index (Phi) is 8.41. The summed E-state index contributed by atoms with van der Waals surface area (Å²) in [7, 11) is 4.38. The van der Waals surface area contributed by atoms with Gasteiger partial charge in [0.15, 0.2) is 11.5 Å². The minimum absolute atomic E-state index is 0.0970. The lowest BCUT2D eigenvalue weighted by atomic mass is 10.0. The van der Waals surface area contributed by atoms with E-state index in [-0.39, 0.29) is 17.6 Å². The number of ether oxygens (including phenoxy) is 1. The molecule has 0 saturated heterocycles. The maximum Gasteiger partial charge on any atom is 0.231 e. The van der Waals surface area contributed by atoms with Gasteiger partial charge in [0.2, 0.25) is 5.91 Å². The van der Waals surface area contributed by atoms with Gasteiger partial charge in [0.25, 0.3) is 0 Å². The van der Waals surface area contributed by atoms with E-state index >= 15 is 0 Å². The predicted molar refractivity (Wildman–Crippen MR) is 133 cm³/mol. The van der Waals surface area contributed by atoms with Crippen molar-refractivity contribution in [2.24, 2.45) is 11.8 Å². The zero-order chi connectivity index (χ0) is 24.0. The number of carbonyl (C=O) groups is 1. The summed E-state index contributed by atoms with van der Waals surface area (Å²) in [6.07, 6.45) is 2.95. The van der Waals surface area contributed by atoms with Crippen LogP contribution in [0.3, 0.4) is 0 Å². The Morgan fingerprint density at radius 2 is 1.82 bits per heavy atom. The highest BCUT2D eigenvalue weighted by Gasteiger charge is 2.29. The number of phenols is 1. The number of amides is 1. The van der Waals surface area contributed by atoms with Gasteiger partial charge in [0.05, 0.1) is 33.2 Å². The largest absolute Gasteiger partial charge is 0.504 e. The zero-order valence-corrected chi connectivity index (χ0v) is 21.0. The van der Waals surface area contributed by atoms with Gasteiger partial charge in [-0.25, -0.2) is 0 Å². The summed E-state index contributed by atoms with van der Waals surface area (Å²) in [5, 5.41) is 10.6. The van der Waals surface area contributed by atoms with Crippen molar-refractivity contribution in [1.82, 2.24) is 4.90 Å². The number of hydrogen-bond donors (Lipinski definition) is 1. The average molecular weight is 454 g/mol. The highest BCUT2D eigenvalue weighted by Crippen LogP contribution is 2.35. The highest BCUT2D eigenvalue weighted by atomic mass is 16.5. The number of phenolic OH excluding ortho intramolecular Hbond substituents is 1. The van der Waals surface area contributed by atoms with Crippen molar-refractivity contribution < 1.29 is 19.1 Å². The van der Waals surface area contributed by atoms with E-state index < -0.39 is 0 Å². The second kappa shape index (κ2) is 11.1. The third-order valence-electron chi connectivity index (χ3n) is 6.21. The quantitative estimate of drug-likeness (QED) is 0.543. The summed E-state index contributed by atoms with van der Waals surface area (Å²) in [5.74, 6) is 1.25.